The van der Waals surface area contributed by atoms with Gasteiger partial charge >= 0.3 is 10.2 Å². The first kappa shape index (κ1) is 17.6. The monoisotopic (exact) mass is 334 g/mol. The largest absolute Gasteiger partial charge is 0.332 e. The molecule has 0 heterocycles. The van der Waals surface area contributed by atoms with Crippen molar-refractivity contribution in [1.29, 1.82) is 5.26 Å². The summed E-state index contributed by atoms with van der Waals surface area (Å²) in [5.41, 5.74) is 0. The molecule has 0 saturated carbocycles. The van der Waals surface area contributed by atoms with E-state index in [1.54, 1.807) is 13.8 Å². The van der Waals surface area contributed by atoms with Crippen LogP contribution < -0.4 is 0 Å². The first-order valence-electron chi connectivity index (χ1n) is 6.07. The third-order valence-electron chi connectivity index (χ3n) is 2.78. The average Bonchev–Trinajstić information content (AvgIpc) is 2.43. The van der Waals surface area contributed by atoms with Gasteiger partial charge in [0.15, 0.2) is 0 Å². The SMILES string of the molecule is CCN(CC(C)C#N)S(=O)(=O)c1cccc(S(=O)(=O)F)c1. The lowest BCUT2D eigenvalue weighted by Gasteiger charge is -2.21. The summed E-state index contributed by atoms with van der Waals surface area (Å²) in [7, 11) is -8.97. The van der Waals surface area contributed by atoms with E-state index in [-0.39, 0.29) is 18.0 Å². The van der Waals surface area contributed by atoms with Crippen LogP contribution in [0.4, 0.5) is 3.89 Å². The minimum Gasteiger partial charge on any atom is -0.207 e. The van der Waals surface area contributed by atoms with Crippen molar-refractivity contribution in [2.75, 3.05) is 13.1 Å². The van der Waals surface area contributed by atoms with Gasteiger partial charge in [-0.15, -0.1) is 3.89 Å². The van der Waals surface area contributed by atoms with Crippen LogP contribution in [0.2, 0.25) is 0 Å². The molecule has 0 amide bonds. The third-order valence-corrected chi connectivity index (χ3v) is 5.53. The smallest absolute Gasteiger partial charge is 0.207 e. The van der Waals surface area contributed by atoms with Crippen LogP contribution in [0.5, 0.6) is 0 Å². The Morgan fingerprint density at radius 2 is 1.86 bits per heavy atom. The number of hydrogen-bond acceptors (Lipinski definition) is 5. The van der Waals surface area contributed by atoms with Crippen molar-refractivity contribution in [2.24, 2.45) is 5.92 Å². The quantitative estimate of drug-likeness (QED) is 0.735. The van der Waals surface area contributed by atoms with Crippen LogP contribution >= 0.6 is 0 Å². The van der Waals surface area contributed by atoms with Crippen LogP contribution in [0, 0.1) is 17.2 Å². The molecule has 1 rings (SSSR count). The summed E-state index contributed by atoms with van der Waals surface area (Å²) in [6, 6.07) is 6.01. The van der Waals surface area contributed by atoms with Crippen LogP contribution in [-0.4, -0.2) is 34.2 Å². The van der Waals surface area contributed by atoms with Gasteiger partial charge in [-0.25, -0.2) is 8.42 Å². The summed E-state index contributed by atoms with van der Waals surface area (Å²) in [6.45, 7) is 3.25. The summed E-state index contributed by atoms with van der Waals surface area (Å²) in [6.07, 6.45) is 0. The number of sulfonamides is 1. The summed E-state index contributed by atoms with van der Waals surface area (Å²) in [5, 5.41) is 8.77. The van der Waals surface area contributed by atoms with Gasteiger partial charge in [0.25, 0.3) is 0 Å². The van der Waals surface area contributed by atoms with Gasteiger partial charge < -0.3 is 0 Å². The highest BCUT2D eigenvalue weighted by atomic mass is 32.3. The number of nitriles is 1. The Labute approximate surface area is 124 Å². The number of nitrogens with zero attached hydrogens (tertiary/aromatic N) is 2. The zero-order chi connectivity index (χ0) is 16.3. The standard InChI is InChI=1S/C12H15FN2O4S2/c1-3-15(9-10(2)8-14)21(18,19)12-6-4-5-11(7-12)20(13,16)17/h4-7,10H,3,9H2,1-2H3. The Balaban J connectivity index is 3.27. The molecular weight excluding hydrogens is 319 g/mol. The molecule has 116 valence electrons. The van der Waals surface area contributed by atoms with Crippen LogP contribution in [-0.2, 0) is 20.2 Å². The van der Waals surface area contributed by atoms with E-state index in [4.69, 9.17) is 5.26 Å². The van der Waals surface area contributed by atoms with E-state index in [1.807, 2.05) is 6.07 Å². The number of halogens is 1. The number of rotatable bonds is 6. The molecule has 6 nitrogen and oxygen atoms in total. The third kappa shape index (κ3) is 4.23. The van der Waals surface area contributed by atoms with Gasteiger partial charge in [0.2, 0.25) is 10.0 Å². The molecule has 21 heavy (non-hydrogen) atoms. The maximum Gasteiger partial charge on any atom is 0.332 e. The Kier molecular flexibility index (Phi) is 5.44. The summed E-state index contributed by atoms with van der Waals surface area (Å²) >= 11 is 0. The fraction of sp³-hybridized carbons (Fsp3) is 0.417. The minimum atomic E-state index is -4.98. The first-order valence-corrected chi connectivity index (χ1v) is 8.89. The molecule has 0 bridgehead atoms. The lowest BCUT2D eigenvalue weighted by atomic mass is 10.2. The highest BCUT2D eigenvalue weighted by Gasteiger charge is 2.26. The van der Waals surface area contributed by atoms with Crippen molar-refractivity contribution in [3.63, 3.8) is 0 Å². The Bertz CT molecular complexity index is 754. The molecule has 1 aromatic rings. The van der Waals surface area contributed by atoms with E-state index in [9.17, 15) is 20.7 Å². The van der Waals surface area contributed by atoms with Crippen molar-refractivity contribution in [3.8, 4) is 6.07 Å². The molecule has 0 fully saturated rings. The predicted octanol–water partition coefficient (Wildman–Crippen LogP) is 1.52. The number of benzene rings is 1. The summed E-state index contributed by atoms with van der Waals surface area (Å²) < 4.78 is 60.5. The van der Waals surface area contributed by atoms with Crippen LogP contribution in [0.1, 0.15) is 13.8 Å². The predicted molar refractivity (Wildman–Crippen MR) is 73.9 cm³/mol. The maximum absolute atomic E-state index is 13.0. The molecule has 9 heteroatoms. The fourth-order valence-corrected chi connectivity index (χ4v) is 3.85. The van der Waals surface area contributed by atoms with Crippen LogP contribution in [0.25, 0.3) is 0 Å². The molecule has 1 atom stereocenters. The van der Waals surface area contributed by atoms with Gasteiger partial charge in [0, 0.05) is 13.1 Å². The highest BCUT2D eigenvalue weighted by molar-refractivity contribution is 7.89. The van der Waals surface area contributed by atoms with Crippen LogP contribution in [0.15, 0.2) is 34.1 Å². The zero-order valence-corrected chi connectivity index (χ0v) is 13.2. The summed E-state index contributed by atoms with van der Waals surface area (Å²) in [5.74, 6) is -0.521. The Morgan fingerprint density at radius 1 is 1.29 bits per heavy atom. The average molecular weight is 334 g/mol. The molecule has 0 aliphatic heterocycles. The molecular formula is C12H15FN2O4S2. The van der Waals surface area contributed by atoms with Crippen molar-refractivity contribution in [3.05, 3.63) is 24.3 Å². The zero-order valence-electron chi connectivity index (χ0n) is 11.5. The second-order valence-corrected chi connectivity index (χ2v) is 7.68. The Morgan fingerprint density at radius 3 is 2.33 bits per heavy atom. The Hall–Kier alpha value is -1.50. The second kappa shape index (κ2) is 6.51. The summed E-state index contributed by atoms with van der Waals surface area (Å²) in [4.78, 5) is -1.04. The van der Waals surface area contributed by atoms with Gasteiger partial charge in [-0.1, -0.05) is 13.0 Å². The second-order valence-electron chi connectivity index (χ2n) is 4.40. The van der Waals surface area contributed by atoms with E-state index in [0.29, 0.717) is 0 Å². The molecule has 1 unspecified atom stereocenters. The maximum atomic E-state index is 13.0. The highest BCUT2D eigenvalue weighted by Crippen LogP contribution is 2.21. The van der Waals surface area contributed by atoms with Gasteiger partial charge in [-0.05, 0) is 25.1 Å². The van der Waals surface area contributed by atoms with Gasteiger partial charge in [0.05, 0.1) is 21.8 Å². The topological polar surface area (TPSA) is 95.3 Å². The van der Waals surface area contributed by atoms with Crippen molar-refractivity contribution in [1.82, 2.24) is 4.31 Å². The van der Waals surface area contributed by atoms with E-state index < -0.39 is 31.1 Å². The lowest BCUT2D eigenvalue weighted by Crippen LogP contribution is -2.34. The molecule has 0 saturated heterocycles. The molecule has 1 aromatic carbocycles. The van der Waals surface area contributed by atoms with Crippen LogP contribution in [0.3, 0.4) is 0 Å². The molecule has 0 aliphatic rings. The molecule has 0 spiro atoms. The molecule has 0 aliphatic carbocycles. The molecule has 0 aromatic heterocycles. The first-order chi connectivity index (χ1) is 9.62. The van der Waals surface area contributed by atoms with Crippen molar-refractivity contribution >= 4 is 20.2 Å². The van der Waals surface area contributed by atoms with E-state index in [0.717, 1.165) is 22.5 Å². The molecule has 0 N–H and O–H groups in total. The lowest BCUT2D eigenvalue weighted by molar-refractivity contribution is 0.399. The van der Waals surface area contributed by atoms with Gasteiger partial charge in [-0.2, -0.15) is 18.0 Å². The molecule has 0 radical (unpaired) electrons. The van der Waals surface area contributed by atoms with Crippen molar-refractivity contribution < 1.29 is 20.7 Å². The van der Waals surface area contributed by atoms with Crippen molar-refractivity contribution in [2.45, 2.75) is 23.6 Å². The van der Waals surface area contributed by atoms with Gasteiger partial charge in [0.1, 0.15) is 0 Å². The van der Waals surface area contributed by atoms with Gasteiger partial charge in [-0.3, -0.25) is 0 Å². The van der Waals surface area contributed by atoms with E-state index >= 15 is 0 Å². The number of hydrogen-bond donors (Lipinski definition) is 0. The van der Waals surface area contributed by atoms with E-state index in [2.05, 4.69) is 0 Å². The fourth-order valence-electron chi connectivity index (χ4n) is 1.68. The van der Waals surface area contributed by atoms with E-state index in [1.165, 1.54) is 6.07 Å². The minimum absolute atomic E-state index is 0.0259. The normalized spacial score (nSPS) is 13.9.